The zero-order chi connectivity index (χ0) is 11.6. The summed E-state index contributed by atoms with van der Waals surface area (Å²) in [4.78, 5) is 33.2. The van der Waals surface area contributed by atoms with Crippen LogP contribution >= 0.6 is 0 Å². The van der Waals surface area contributed by atoms with E-state index < -0.39 is 5.54 Å². The van der Waals surface area contributed by atoms with Gasteiger partial charge < -0.3 is 5.32 Å². The van der Waals surface area contributed by atoms with Gasteiger partial charge in [0, 0.05) is 12.8 Å². The fraction of sp³-hybridized carbons (Fsp3) is 0.700. The third kappa shape index (κ3) is 1.86. The number of imide groups is 1. The SMILES string of the molecule is CC.CC(=O)NC12CC(C1)C(=O)NC2=O. The highest BCUT2D eigenvalue weighted by molar-refractivity contribution is 6.08. The summed E-state index contributed by atoms with van der Waals surface area (Å²) in [7, 11) is 0. The smallest absolute Gasteiger partial charge is 0.252 e. The van der Waals surface area contributed by atoms with Crippen LogP contribution in [0, 0.1) is 5.92 Å². The van der Waals surface area contributed by atoms with E-state index >= 15 is 0 Å². The predicted octanol–water partition coefficient (Wildman–Crippen LogP) is -0.0461. The number of fused-ring (bicyclic) bond motifs is 2. The second-order valence-electron chi connectivity index (χ2n) is 3.69. The average molecular weight is 212 g/mol. The lowest BCUT2D eigenvalue weighted by atomic mass is 9.64. The Balaban J connectivity index is 0.000000531. The molecule has 1 saturated carbocycles. The molecular weight excluding hydrogens is 196 g/mol. The third-order valence-corrected chi connectivity index (χ3v) is 2.65. The Morgan fingerprint density at radius 2 is 1.93 bits per heavy atom. The lowest BCUT2D eigenvalue weighted by Gasteiger charge is -2.49. The minimum atomic E-state index is -0.787. The van der Waals surface area contributed by atoms with Crippen LogP contribution in [0.1, 0.15) is 33.6 Å². The molecule has 2 heterocycles. The van der Waals surface area contributed by atoms with Gasteiger partial charge in [0.1, 0.15) is 5.54 Å². The van der Waals surface area contributed by atoms with Gasteiger partial charge in [0.25, 0.3) is 5.91 Å². The molecule has 3 amide bonds. The van der Waals surface area contributed by atoms with Crippen LogP contribution in [0.3, 0.4) is 0 Å². The van der Waals surface area contributed by atoms with Crippen LogP contribution in [0.15, 0.2) is 0 Å². The second-order valence-corrected chi connectivity index (χ2v) is 3.69. The molecule has 84 valence electrons. The molecule has 0 atom stereocenters. The summed E-state index contributed by atoms with van der Waals surface area (Å²) in [6.07, 6.45) is 0.911. The first kappa shape index (κ1) is 11.7. The Morgan fingerprint density at radius 3 is 2.33 bits per heavy atom. The summed E-state index contributed by atoms with van der Waals surface area (Å²) >= 11 is 0. The van der Waals surface area contributed by atoms with Crippen molar-refractivity contribution in [2.45, 2.75) is 39.2 Å². The topological polar surface area (TPSA) is 75.3 Å². The first-order valence-corrected chi connectivity index (χ1v) is 5.17. The average Bonchev–Trinajstić information content (AvgIpc) is 2.10. The van der Waals surface area contributed by atoms with E-state index in [9.17, 15) is 14.4 Å². The molecule has 2 aliphatic heterocycles. The molecule has 0 aromatic heterocycles. The van der Waals surface area contributed by atoms with Gasteiger partial charge in [-0.15, -0.1) is 0 Å². The number of rotatable bonds is 1. The summed E-state index contributed by atoms with van der Waals surface area (Å²) < 4.78 is 0. The van der Waals surface area contributed by atoms with Gasteiger partial charge in [0.15, 0.2) is 0 Å². The Kier molecular flexibility index (Phi) is 3.12. The largest absolute Gasteiger partial charge is 0.342 e. The zero-order valence-electron chi connectivity index (χ0n) is 9.22. The maximum Gasteiger partial charge on any atom is 0.252 e. The van der Waals surface area contributed by atoms with Crippen LogP contribution in [0.2, 0.25) is 0 Å². The molecule has 15 heavy (non-hydrogen) atoms. The van der Waals surface area contributed by atoms with E-state index in [1.165, 1.54) is 6.92 Å². The zero-order valence-corrected chi connectivity index (χ0v) is 9.22. The number of hydrogen-bond acceptors (Lipinski definition) is 3. The quantitative estimate of drug-likeness (QED) is 0.598. The maximum absolute atomic E-state index is 11.4. The molecular formula is C10H16N2O3. The van der Waals surface area contributed by atoms with Crippen molar-refractivity contribution in [2.75, 3.05) is 0 Å². The maximum atomic E-state index is 11.4. The summed E-state index contributed by atoms with van der Waals surface area (Å²) in [5, 5.41) is 4.82. The minimum absolute atomic E-state index is 0.0930. The van der Waals surface area contributed by atoms with Gasteiger partial charge in [-0.05, 0) is 12.8 Å². The molecule has 1 aliphatic carbocycles. The summed E-state index contributed by atoms with van der Waals surface area (Å²) in [6.45, 7) is 5.37. The number of nitrogens with one attached hydrogen (secondary N) is 2. The number of hydrogen-bond donors (Lipinski definition) is 2. The molecule has 0 radical (unpaired) electrons. The van der Waals surface area contributed by atoms with Gasteiger partial charge in [-0.1, -0.05) is 13.8 Å². The third-order valence-electron chi connectivity index (χ3n) is 2.65. The molecule has 5 nitrogen and oxygen atoms in total. The lowest BCUT2D eigenvalue weighted by Crippen LogP contribution is -2.73. The molecule has 0 aromatic rings. The Bertz CT molecular complexity index is 306. The van der Waals surface area contributed by atoms with Crippen LogP contribution in [-0.4, -0.2) is 23.3 Å². The van der Waals surface area contributed by atoms with Gasteiger partial charge in [-0.25, -0.2) is 0 Å². The van der Waals surface area contributed by atoms with Gasteiger partial charge in [-0.2, -0.15) is 0 Å². The van der Waals surface area contributed by atoms with Crippen molar-refractivity contribution in [3.63, 3.8) is 0 Å². The number of carbonyl (C=O) groups excluding carboxylic acids is 3. The van der Waals surface area contributed by atoms with E-state index in [1.54, 1.807) is 0 Å². The first-order valence-electron chi connectivity index (χ1n) is 5.17. The molecule has 3 fully saturated rings. The Hall–Kier alpha value is -1.39. The van der Waals surface area contributed by atoms with Crippen LogP contribution in [-0.2, 0) is 14.4 Å². The highest BCUT2D eigenvalue weighted by Crippen LogP contribution is 2.41. The highest BCUT2D eigenvalue weighted by Gasteiger charge is 2.58. The van der Waals surface area contributed by atoms with Crippen molar-refractivity contribution in [3.05, 3.63) is 0 Å². The van der Waals surface area contributed by atoms with Crippen molar-refractivity contribution in [1.29, 1.82) is 0 Å². The van der Waals surface area contributed by atoms with Crippen LogP contribution < -0.4 is 10.6 Å². The Morgan fingerprint density at radius 1 is 1.40 bits per heavy atom. The van der Waals surface area contributed by atoms with Gasteiger partial charge in [0.05, 0.1) is 0 Å². The minimum Gasteiger partial charge on any atom is -0.342 e. The number of carbonyl (C=O) groups is 3. The van der Waals surface area contributed by atoms with E-state index in [4.69, 9.17) is 0 Å². The van der Waals surface area contributed by atoms with E-state index in [-0.39, 0.29) is 23.6 Å². The van der Waals surface area contributed by atoms with E-state index in [1.807, 2.05) is 13.8 Å². The van der Waals surface area contributed by atoms with E-state index in [2.05, 4.69) is 10.6 Å². The highest BCUT2D eigenvalue weighted by atomic mass is 16.2. The molecule has 2 N–H and O–H groups in total. The molecule has 2 saturated heterocycles. The van der Waals surface area contributed by atoms with Crippen molar-refractivity contribution in [1.82, 2.24) is 10.6 Å². The van der Waals surface area contributed by atoms with Crippen molar-refractivity contribution >= 4 is 17.7 Å². The van der Waals surface area contributed by atoms with Crippen molar-refractivity contribution in [2.24, 2.45) is 5.92 Å². The fourth-order valence-corrected chi connectivity index (χ4v) is 1.98. The van der Waals surface area contributed by atoms with E-state index in [0.29, 0.717) is 12.8 Å². The summed E-state index contributed by atoms with van der Waals surface area (Å²) in [5.74, 6) is -0.903. The molecule has 5 heteroatoms. The van der Waals surface area contributed by atoms with Crippen LogP contribution in [0.4, 0.5) is 0 Å². The predicted molar refractivity (Wildman–Crippen MR) is 53.8 cm³/mol. The molecule has 0 spiro atoms. The van der Waals surface area contributed by atoms with Crippen LogP contribution in [0.5, 0.6) is 0 Å². The fourth-order valence-electron chi connectivity index (χ4n) is 1.98. The molecule has 0 aromatic carbocycles. The first-order chi connectivity index (χ1) is 7.03. The van der Waals surface area contributed by atoms with E-state index in [0.717, 1.165) is 0 Å². The lowest BCUT2D eigenvalue weighted by molar-refractivity contribution is -0.155. The standard InChI is InChI=1S/C8H10N2O3.C2H6/c1-4(11)10-8-2-5(3-8)6(12)9-7(8)13;1-2/h5H,2-3H2,1H3,(H,10,11)(H,9,12,13);1-2H3. The molecule has 3 rings (SSSR count). The second kappa shape index (κ2) is 4.00. The van der Waals surface area contributed by atoms with Gasteiger partial charge >= 0.3 is 0 Å². The summed E-state index contributed by atoms with van der Waals surface area (Å²) in [6, 6.07) is 0. The molecule has 3 aliphatic rings. The van der Waals surface area contributed by atoms with Crippen molar-refractivity contribution in [3.8, 4) is 0 Å². The molecule has 0 unspecified atom stereocenters. The van der Waals surface area contributed by atoms with Crippen molar-refractivity contribution < 1.29 is 14.4 Å². The monoisotopic (exact) mass is 212 g/mol. The number of amides is 3. The normalized spacial score (nSPS) is 31.8. The van der Waals surface area contributed by atoms with Crippen LogP contribution in [0.25, 0.3) is 0 Å². The molecule has 2 bridgehead atoms. The van der Waals surface area contributed by atoms with Gasteiger partial charge in [-0.3, -0.25) is 19.7 Å². The Labute approximate surface area is 88.6 Å². The summed E-state index contributed by atoms with van der Waals surface area (Å²) in [5.41, 5.74) is -0.787. The number of piperidine rings is 2. The van der Waals surface area contributed by atoms with Gasteiger partial charge in [0.2, 0.25) is 11.8 Å².